The van der Waals surface area contributed by atoms with Gasteiger partial charge in [0.05, 0.1) is 6.04 Å². The first-order valence-electron chi connectivity index (χ1n) is 6.48. The summed E-state index contributed by atoms with van der Waals surface area (Å²) in [6, 6.07) is 10.7. The molecule has 0 saturated heterocycles. The Morgan fingerprint density at radius 1 is 1.33 bits per heavy atom. The Bertz CT molecular complexity index is 630. The van der Waals surface area contributed by atoms with E-state index in [4.69, 9.17) is 17.4 Å². The fourth-order valence-electron chi connectivity index (χ4n) is 1.99. The van der Waals surface area contributed by atoms with Crippen molar-refractivity contribution < 1.29 is 4.79 Å². The number of rotatable bonds is 4. The van der Waals surface area contributed by atoms with Crippen LogP contribution in [0.15, 0.2) is 42.6 Å². The van der Waals surface area contributed by atoms with Crippen molar-refractivity contribution >= 4 is 23.3 Å². The van der Waals surface area contributed by atoms with Crippen LogP contribution in [-0.2, 0) is 0 Å². The number of hydrogen-bond donors (Lipinski definition) is 2. The van der Waals surface area contributed by atoms with Gasteiger partial charge in [-0.3, -0.25) is 4.79 Å². The molecule has 1 amide bonds. The first-order valence-corrected chi connectivity index (χ1v) is 6.86. The molecule has 1 atom stereocenters. The highest BCUT2D eigenvalue weighted by molar-refractivity contribution is 6.30. The van der Waals surface area contributed by atoms with Crippen LogP contribution in [0.25, 0.3) is 0 Å². The SMILES string of the molecule is CC(c1ccc(Cl)cc1)N(C)C(=O)c1ccnc(NN)c1. The molecule has 0 radical (unpaired) electrons. The molecule has 21 heavy (non-hydrogen) atoms. The van der Waals surface area contributed by atoms with E-state index < -0.39 is 0 Å². The van der Waals surface area contributed by atoms with Crippen LogP contribution in [0.1, 0.15) is 28.9 Å². The highest BCUT2D eigenvalue weighted by atomic mass is 35.5. The van der Waals surface area contributed by atoms with Crippen molar-refractivity contribution in [2.24, 2.45) is 5.84 Å². The van der Waals surface area contributed by atoms with Crippen LogP contribution >= 0.6 is 11.6 Å². The summed E-state index contributed by atoms with van der Waals surface area (Å²) in [6.45, 7) is 1.96. The van der Waals surface area contributed by atoms with Gasteiger partial charge in [-0.2, -0.15) is 0 Å². The maximum atomic E-state index is 12.5. The maximum absolute atomic E-state index is 12.5. The van der Waals surface area contributed by atoms with Crippen LogP contribution in [0.5, 0.6) is 0 Å². The molecule has 6 heteroatoms. The van der Waals surface area contributed by atoms with Gasteiger partial charge in [0.1, 0.15) is 5.82 Å². The Balaban J connectivity index is 2.19. The van der Waals surface area contributed by atoms with Gasteiger partial charge >= 0.3 is 0 Å². The maximum Gasteiger partial charge on any atom is 0.254 e. The van der Waals surface area contributed by atoms with Crippen LogP contribution in [0, 0.1) is 0 Å². The molecular weight excluding hydrogens is 288 g/mol. The van der Waals surface area contributed by atoms with Crippen LogP contribution in [0.3, 0.4) is 0 Å². The highest BCUT2D eigenvalue weighted by Gasteiger charge is 2.19. The molecule has 0 spiro atoms. The van der Waals surface area contributed by atoms with Gasteiger partial charge in [-0.1, -0.05) is 23.7 Å². The second-order valence-electron chi connectivity index (χ2n) is 4.72. The topological polar surface area (TPSA) is 71.2 Å². The molecule has 1 aromatic heterocycles. The number of carbonyl (C=O) groups excluding carboxylic acids is 1. The number of aromatic nitrogens is 1. The molecule has 1 unspecified atom stereocenters. The summed E-state index contributed by atoms with van der Waals surface area (Å²) in [4.78, 5) is 18.2. The molecule has 1 aromatic carbocycles. The summed E-state index contributed by atoms with van der Waals surface area (Å²) in [5.41, 5.74) is 3.98. The summed E-state index contributed by atoms with van der Waals surface area (Å²) >= 11 is 5.88. The third-order valence-electron chi connectivity index (χ3n) is 3.41. The molecule has 3 N–H and O–H groups in total. The van der Waals surface area contributed by atoms with Crippen molar-refractivity contribution in [2.75, 3.05) is 12.5 Å². The van der Waals surface area contributed by atoms with Crippen molar-refractivity contribution in [3.8, 4) is 0 Å². The third kappa shape index (κ3) is 3.51. The van der Waals surface area contributed by atoms with Gasteiger partial charge < -0.3 is 10.3 Å². The van der Waals surface area contributed by atoms with E-state index in [-0.39, 0.29) is 11.9 Å². The van der Waals surface area contributed by atoms with E-state index in [0.717, 1.165) is 5.56 Å². The predicted molar refractivity (Wildman–Crippen MR) is 84.0 cm³/mol. The normalized spacial score (nSPS) is 11.8. The Morgan fingerprint density at radius 3 is 2.62 bits per heavy atom. The zero-order valence-corrected chi connectivity index (χ0v) is 12.6. The molecule has 0 saturated carbocycles. The average molecular weight is 305 g/mol. The molecule has 1 heterocycles. The summed E-state index contributed by atoms with van der Waals surface area (Å²) in [5.74, 6) is 5.66. The fourth-order valence-corrected chi connectivity index (χ4v) is 2.11. The Morgan fingerprint density at radius 2 is 2.00 bits per heavy atom. The second-order valence-corrected chi connectivity index (χ2v) is 5.15. The fraction of sp³-hybridized carbons (Fsp3) is 0.200. The quantitative estimate of drug-likeness (QED) is 0.673. The number of nitrogen functional groups attached to an aromatic ring is 1. The van der Waals surface area contributed by atoms with Gasteiger partial charge in [0.15, 0.2) is 0 Å². The van der Waals surface area contributed by atoms with Gasteiger partial charge in [-0.15, -0.1) is 0 Å². The van der Waals surface area contributed by atoms with E-state index in [2.05, 4.69) is 10.4 Å². The van der Waals surface area contributed by atoms with E-state index in [9.17, 15) is 4.79 Å². The van der Waals surface area contributed by atoms with Crippen molar-refractivity contribution in [3.63, 3.8) is 0 Å². The smallest absolute Gasteiger partial charge is 0.254 e. The van der Waals surface area contributed by atoms with Crippen molar-refractivity contribution in [2.45, 2.75) is 13.0 Å². The minimum absolute atomic E-state index is 0.0720. The van der Waals surface area contributed by atoms with Gasteiger partial charge in [-0.05, 0) is 36.8 Å². The van der Waals surface area contributed by atoms with Gasteiger partial charge in [-0.25, -0.2) is 10.8 Å². The van der Waals surface area contributed by atoms with E-state index in [1.165, 1.54) is 0 Å². The Hall–Kier alpha value is -2.11. The van der Waals surface area contributed by atoms with E-state index in [1.54, 1.807) is 30.3 Å². The summed E-state index contributed by atoms with van der Waals surface area (Å²) in [7, 11) is 1.76. The number of nitrogens with one attached hydrogen (secondary N) is 1. The van der Waals surface area contributed by atoms with Crippen LogP contribution in [0.4, 0.5) is 5.82 Å². The van der Waals surface area contributed by atoms with Crippen molar-refractivity contribution in [1.82, 2.24) is 9.88 Å². The first-order chi connectivity index (χ1) is 10.0. The van der Waals surface area contributed by atoms with E-state index >= 15 is 0 Å². The van der Waals surface area contributed by atoms with Gasteiger partial charge in [0.2, 0.25) is 0 Å². The third-order valence-corrected chi connectivity index (χ3v) is 3.66. The summed E-state index contributed by atoms with van der Waals surface area (Å²) in [6.07, 6.45) is 1.54. The number of nitrogens with two attached hydrogens (primary N) is 1. The number of hydrogen-bond acceptors (Lipinski definition) is 4. The molecule has 2 rings (SSSR count). The number of hydrazine groups is 1. The largest absolute Gasteiger partial charge is 0.335 e. The molecule has 0 aliphatic rings. The number of anilines is 1. The van der Waals surface area contributed by atoms with Crippen molar-refractivity contribution in [1.29, 1.82) is 0 Å². The number of carbonyl (C=O) groups is 1. The van der Waals surface area contributed by atoms with E-state index in [0.29, 0.717) is 16.4 Å². The van der Waals surface area contributed by atoms with Crippen LogP contribution in [-0.4, -0.2) is 22.8 Å². The average Bonchev–Trinajstić information content (AvgIpc) is 2.53. The minimum Gasteiger partial charge on any atom is -0.335 e. The summed E-state index contributed by atoms with van der Waals surface area (Å²) < 4.78 is 0. The molecule has 5 nitrogen and oxygen atoms in total. The molecule has 110 valence electrons. The number of nitrogens with zero attached hydrogens (tertiary/aromatic N) is 2. The summed E-state index contributed by atoms with van der Waals surface area (Å²) in [5, 5.41) is 0.674. The zero-order chi connectivity index (χ0) is 15.4. The first kappa shape index (κ1) is 15.3. The standard InChI is InChI=1S/C15H17ClN4O/c1-10(11-3-5-13(16)6-4-11)20(2)15(21)12-7-8-18-14(9-12)19-17/h3-10H,17H2,1-2H3,(H,18,19). The highest BCUT2D eigenvalue weighted by Crippen LogP contribution is 2.22. The van der Waals surface area contributed by atoms with Crippen LogP contribution < -0.4 is 11.3 Å². The predicted octanol–water partition coefficient (Wildman–Crippen LogP) is 2.85. The number of pyridine rings is 1. The molecule has 0 fully saturated rings. The van der Waals surface area contributed by atoms with Gasteiger partial charge in [0.25, 0.3) is 5.91 Å². The lowest BCUT2D eigenvalue weighted by molar-refractivity contribution is 0.0742. The molecular formula is C15H17ClN4O. The zero-order valence-electron chi connectivity index (χ0n) is 11.9. The molecule has 0 aliphatic heterocycles. The van der Waals surface area contributed by atoms with Gasteiger partial charge in [0, 0.05) is 23.8 Å². The van der Waals surface area contributed by atoms with Crippen LogP contribution in [0.2, 0.25) is 5.02 Å². The monoisotopic (exact) mass is 304 g/mol. The van der Waals surface area contributed by atoms with Crippen molar-refractivity contribution in [3.05, 3.63) is 58.7 Å². The number of halogens is 1. The minimum atomic E-state index is -0.101. The molecule has 0 aliphatic carbocycles. The number of amides is 1. The Labute approximate surface area is 128 Å². The lowest BCUT2D eigenvalue weighted by Crippen LogP contribution is -2.29. The molecule has 2 aromatic rings. The molecule has 0 bridgehead atoms. The second kappa shape index (κ2) is 6.56. The lowest BCUT2D eigenvalue weighted by Gasteiger charge is -2.25. The van der Waals surface area contributed by atoms with E-state index in [1.807, 2.05) is 31.2 Å². The Kier molecular flexibility index (Phi) is 4.77. The number of benzene rings is 1. The lowest BCUT2D eigenvalue weighted by atomic mass is 10.1.